The van der Waals surface area contributed by atoms with E-state index in [4.69, 9.17) is 4.74 Å². The van der Waals surface area contributed by atoms with Gasteiger partial charge in [0, 0.05) is 5.69 Å². The number of fused-ring (bicyclic) bond motifs is 1. The van der Waals surface area contributed by atoms with Crippen molar-refractivity contribution in [2.45, 2.75) is 45.8 Å². The Balaban J connectivity index is 1.92. The second kappa shape index (κ2) is 6.86. The fraction of sp³-hybridized carbons (Fsp3) is 0.364. The lowest BCUT2D eigenvalue weighted by Gasteiger charge is -2.41. The maximum Gasteiger partial charge on any atom is 0.347 e. The van der Waals surface area contributed by atoms with Crippen LogP contribution in [0.4, 0.5) is 5.69 Å². The highest BCUT2D eigenvalue weighted by molar-refractivity contribution is 5.88. The lowest BCUT2D eigenvalue weighted by atomic mass is 9.72. The first-order chi connectivity index (χ1) is 13.0. The highest BCUT2D eigenvalue weighted by Gasteiger charge is 2.37. The van der Waals surface area contributed by atoms with Crippen molar-refractivity contribution < 1.29 is 24.5 Å². The molecular weight excluding hydrogens is 358 g/mol. The van der Waals surface area contributed by atoms with Crippen molar-refractivity contribution in [2.24, 2.45) is 5.41 Å². The van der Waals surface area contributed by atoms with Crippen LogP contribution in [0.15, 0.2) is 42.5 Å². The van der Waals surface area contributed by atoms with Crippen LogP contribution in [-0.2, 0) is 11.2 Å². The number of carboxylic acids is 2. The number of anilines is 1. The van der Waals surface area contributed by atoms with Crippen LogP contribution in [0, 0.1) is 5.41 Å². The lowest BCUT2D eigenvalue weighted by molar-refractivity contribution is -0.152. The van der Waals surface area contributed by atoms with Gasteiger partial charge in [-0.3, -0.25) is 0 Å². The summed E-state index contributed by atoms with van der Waals surface area (Å²) in [6.45, 7) is 7.27. The van der Waals surface area contributed by atoms with Gasteiger partial charge < -0.3 is 20.3 Å². The molecular formula is C22H25NO5. The average Bonchev–Trinajstić information content (AvgIpc) is 2.59. The van der Waals surface area contributed by atoms with Crippen LogP contribution in [0.5, 0.6) is 5.75 Å². The van der Waals surface area contributed by atoms with Gasteiger partial charge in [-0.15, -0.1) is 0 Å². The van der Waals surface area contributed by atoms with Gasteiger partial charge in [-0.2, -0.15) is 0 Å². The molecule has 0 spiro atoms. The highest BCUT2D eigenvalue weighted by Crippen LogP contribution is 2.45. The molecule has 0 fully saturated rings. The molecule has 0 bridgehead atoms. The molecule has 0 saturated heterocycles. The molecule has 1 aliphatic heterocycles. The molecule has 2 aromatic rings. The average molecular weight is 383 g/mol. The van der Waals surface area contributed by atoms with Crippen molar-refractivity contribution in [1.82, 2.24) is 0 Å². The molecule has 0 saturated carbocycles. The Bertz CT molecular complexity index is 932. The molecule has 148 valence electrons. The number of aromatic carboxylic acids is 1. The standard InChI is InChI=1S/C22H25NO5/c1-21(2)12-15-10-14(19(24)25)8-9-17(15)23-18(21)13-6-5-7-16(11-13)28-22(3,4)20(26)27/h5-11,18,23H,12H2,1-4H3,(H,24,25)(H,26,27). The van der Waals surface area contributed by atoms with E-state index in [1.54, 1.807) is 24.3 Å². The number of ether oxygens (including phenoxy) is 1. The van der Waals surface area contributed by atoms with Crippen LogP contribution in [0.2, 0.25) is 0 Å². The zero-order chi connectivity index (χ0) is 20.7. The molecule has 1 atom stereocenters. The molecule has 0 radical (unpaired) electrons. The summed E-state index contributed by atoms with van der Waals surface area (Å²) in [5.74, 6) is -1.47. The van der Waals surface area contributed by atoms with Crippen molar-refractivity contribution in [2.75, 3.05) is 5.32 Å². The zero-order valence-corrected chi connectivity index (χ0v) is 16.4. The van der Waals surface area contributed by atoms with Crippen molar-refractivity contribution in [3.8, 4) is 5.75 Å². The lowest BCUT2D eigenvalue weighted by Crippen LogP contribution is -2.38. The number of carboxylic acid groups (broad SMARTS) is 2. The molecule has 0 aliphatic carbocycles. The van der Waals surface area contributed by atoms with Gasteiger partial charge in [0.2, 0.25) is 0 Å². The summed E-state index contributed by atoms with van der Waals surface area (Å²) in [5, 5.41) is 22.0. The molecule has 1 aliphatic rings. The monoisotopic (exact) mass is 383 g/mol. The van der Waals surface area contributed by atoms with Gasteiger partial charge in [0.1, 0.15) is 5.75 Å². The minimum Gasteiger partial charge on any atom is -0.478 e. The first-order valence-electron chi connectivity index (χ1n) is 9.15. The number of carbonyl (C=O) groups is 2. The summed E-state index contributed by atoms with van der Waals surface area (Å²) < 4.78 is 5.68. The number of hydrogen-bond acceptors (Lipinski definition) is 4. The van der Waals surface area contributed by atoms with Crippen LogP contribution in [-0.4, -0.2) is 27.8 Å². The fourth-order valence-corrected chi connectivity index (χ4v) is 3.59. The Morgan fingerprint density at radius 3 is 2.50 bits per heavy atom. The van der Waals surface area contributed by atoms with Gasteiger partial charge in [-0.1, -0.05) is 26.0 Å². The molecule has 3 rings (SSSR count). The molecule has 0 aromatic heterocycles. The van der Waals surface area contributed by atoms with Crippen molar-refractivity contribution in [3.05, 3.63) is 59.2 Å². The van der Waals surface area contributed by atoms with Gasteiger partial charge in [-0.25, -0.2) is 9.59 Å². The molecule has 1 heterocycles. The third kappa shape index (κ3) is 3.81. The second-order valence-electron chi connectivity index (χ2n) is 8.41. The zero-order valence-electron chi connectivity index (χ0n) is 16.4. The Morgan fingerprint density at radius 2 is 1.86 bits per heavy atom. The van der Waals surface area contributed by atoms with Crippen molar-refractivity contribution in [1.29, 1.82) is 0 Å². The molecule has 6 heteroatoms. The number of aliphatic carboxylic acids is 1. The Kier molecular flexibility index (Phi) is 4.83. The van der Waals surface area contributed by atoms with E-state index in [1.807, 2.05) is 18.2 Å². The predicted molar refractivity (Wildman–Crippen MR) is 106 cm³/mol. The Labute approximate surface area is 164 Å². The van der Waals surface area contributed by atoms with E-state index in [-0.39, 0.29) is 17.0 Å². The molecule has 0 amide bonds. The Hall–Kier alpha value is -3.02. The topological polar surface area (TPSA) is 95.9 Å². The number of benzene rings is 2. The smallest absolute Gasteiger partial charge is 0.347 e. The number of nitrogens with one attached hydrogen (secondary N) is 1. The highest BCUT2D eigenvalue weighted by atomic mass is 16.5. The largest absolute Gasteiger partial charge is 0.478 e. The maximum atomic E-state index is 11.3. The maximum absolute atomic E-state index is 11.3. The summed E-state index contributed by atoms with van der Waals surface area (Å²) >= 11 is 0. The Morgan fingerprint density at radius 1 is 1.14 bits per heavy atom. The minimum absolute atomic E-state index is 0.0350. The van der Waals surface area contributed by atoms with Crippen LogP contribution < -0.4 is 10.1 Å². The molecule has 6 nitrogen and oxygen atoms in total. The van der Waals surface area contributed by atoms with E-state index in [0.29, 0.717) is 12.2 Å². The van der Waals surface area contributed by atoms with Gasteiger partial charge in [-0.05, 0) is 67.1 Å². The quantitative estimate of drug-likeness (QED) is 0.710. The third-order valence-corrected chi connectivity index (χ3v) is 5.16. The van der Waals surface area contributed by atoms with Crippen molar-refractivity contribution >= 4 is 17.6 Å². The van der Waals surface area contributed by atoms with E-state index in [1.165, 1.54) is 13.8 Å². The molecule has 2 aromatic carbocycles. The summed E-state index contributed by atoms with van der Waals surface area (Å²) in [6, 6.07) is 12.5. The van der Waals surface area contributed by atoms with Crippen LogP contribution in [0.25, 0.3) is 0 Å². The third-order valence-electron chi connectivity index (χ3n) is 5.16. The van der Waals surface area contributed by atoms with Gasteiger partial charge >= 0.3 is 11.9 Å². The summed E-state index contributed by atoms with van der Waals surface area (Å²) in [6.07, 6.45) is 0.715. The van der Waals surface area contributed by atoms with E-state index < -0.39 is 17.5 Å². The SMILES string of the molecule is CC(C)(Oc1cccc(C2Nc3ccc(C(=O)O)cc3CC2(C)C)c1)C(=O)O. The van der Waals surface area contributed by atoms with Gasteiger partial charge in [0.05, 0.1) is 11.6 Å². The van der Waals surface area contributed by atoms with E-state index in [0.717, 1.165) is 16.8 Å². The van der Waals surface area contributed by atoms with Gasteiger partial charge in [0.15, 0.2) is 5.60 Å². The molecule has 28 heavy (non-hydrogen) atoms. The minimum atomic E-state index is -1.33. The van der Waals surface area contributed by atoms with E-state index in [2.05, 4.69) is 19.2 Å². The van der Waals surface area contributed by atoms with E-state index >= 15 is 0 Å². The first kappa shape index (κ1) is 19.7. The summed E-state index contributed by atoms with van der Waals surface area (Å²) in [4.78, 5) is 22.6. The van der Waals surface area contributed by atoms with E-state index in [9.17, 15) is 19.8 Å². The van der Waals surface area contributed by atoms with Crippen molar-refractivity contribution in [3.63, 3.8) is 0 Å². The molecule has 3 N–H and O–H groups in total. The first-order valence-corrected chi connectivity index (χ1v) is 9.15. The van der Waals surface area contributed by atoms with Crippen LogP contribution in [0.1, 0.15) is 55.2 Å². The number of rotatable bonds is 5. The second-order valence-corrected chi connectivity index (χ2v) is 8.41. The van der Waals surface area contributed by atoms with Crippen LogP contribution >= 0.6 is 0 Å². The predicted octanol–water partition coefficient (Wildman–Crippen LogP) is 4.36. The van der Waals surface area contributed by atoms with Gasteiger partial charge in [0.25, 0.3) is 0 Å². The summed E-state index contributed by atoms with van der Waals surface area (Å²) in [7, 11) is 0. The normalized spacial score (nSPS) is 17.9. The van der Waals surface area contributed by atoms with Crippen LogP contribution in [0.3, 0.4) is 0 Å². The number of hydrogen-bond donors (Lipinski definition) is 3. The summed E-state index contributed by atoms with van der Waals surface area (Å²) in [5.41, 5.74) is 1.63. The molecule has 1 unspecified atom stereocenters. The fourth-order valence-electron chi connectivity index (χ4n) is 3.59.